The van der Waals surface area contributed by atoms with Gasteiger partial charge in [-0.15, -0.1) is 0 Å². The number of anilines is 2. The number of amides is 1. The minimum Gasteiger partial charge on any atom is -0.283 e. The fourth-order valence-corrected chi connectivity index (χ4v) is 1.79. The van der Waals surface area contributed by atoms with E-state index in [1.807, 2.05) is 0 Å². The summed E-state index contributed by atoms with van der Waals surface area (Å²) in [7, 11) is 0. The molecule has 5 nitrogen and oxygen atoms in total. The van der Waals surface area contributed by atoms with Gasteiger partial charge in [-0.05, 0) is 36.4 Å². The molecule has 0 saturated carbocycles. The van der Waals surface area contributed by atoms with Gasteiger partial charge >= 0.3 is 5.69 Å². The van der Waals surface area contributed by atoms with E-state index < -0.39 is 16.4 Å². The van der Waals surface area contributed by atoms with Gasteiger partial charge in [-0.3, -0.25) is 19.8 Å². The fraction of sp³-hybridized carbons (Fsp3) is 0. The van der Waals surface area contributed by atoms with Crippen molar-refractivity contribution in [2.45, 2.75) is 0 Å². The predicted octanol–water partition coefficient (Wildman–Crippen LogP) is 3.68. The van der Waals surface area contributed by atoms with Gasteiger partial charge in [0.2, 0.25) is 12.2 Å². The molecule has 102 valence electrons. The second-order valence-corrected chi connectivity index (χ2v) is 4.28. The highest BCUT2D eigenvalue weighted by Gasteiger charge is 2.17. The summed E-state index contributed by atoms with van der Waals surface area (Å²) in [6.07, 6.45) is 0.486. The number of carbonyl (C=O) groups excluding carboxylic acids is 1. The van der Waals surface area contributed by atoms with Gasteiger partial charge in [-0.25, -0.2) is 0 Å². The Morgan fingerprint density at radius 1 is 1.15 bits per heavy atom. The molecule has 0 N–H and O–H groups in total. The molecular weight excluding hydrogens is 287 g/mol. The van der Waals surface area contributed by atoms with E-state index in [2.05, 4.69) is 0 Å². The van der Waals surface area contributed by atoms with Crippen molar-refractivity contribution in [1.29, 1.82) is 0 Å². The van der Waals surface area contributed by atoms with Crippen molar-refractivity contribution in [2.24, 2.45) is 0 Å². The summed E-state index contributed by atoms with van der Waals surface area (Å²) in [4.78, 5) is 22.2. The molecule has 0 unspecified atom stereocenters. The maximum Gasteiger partial charge on any atom is 0.306 e. The van der Waals surface area contributed by atoms with E-state index in [-0.39, 0.29) is 5.69 Å². The first-order valence-corrected chi connectivity index (χ1v) is 5.85. The highest BCUT2D eigenvalue weighted by Crippen LogP contribution is 2.29. The summed E-state index contributed by atoms with van der Waals surface area (Å²) in [6, 6.07) is 9.53. The van der Waals surface area contributed by atoms with E-state index in [1.54, 1.807) is 24.3 Å². The van der Waals surface area contributed by atoms with Crippen LogP contribution in [0.25, 0.3) is 0 Å². The molecule has 0 aliphatic rings. The second kappa shape index (κ2) is 5.66. The Morgan fingerprint density at radius 3 is 2.30 bits per heavy atom. The molecule has 0 bridgehead atoms. The van der Waals surface area contributed by atoms with E-state index in [1.165, 1.54) is 6.07 Å². The summed E-state index contributed by atoms with van der Waals surface area (Å²) in [6.45, 7) is 0. The third kappa shape index (κ3) is 2.75. The highest BCUT2D eigenvalue weighted by atomic mass is 35.5. The summed E-state index contributed by atoms with van der Waals surface area (Å²) < 4.78 is 13.3. The van der Waals surface area contributed by atoms with Gasteiger partial charge in [-0.1, -0.05) is 11.6 Å². The third-order valence-corrected chi connectivity index (χ3v) is 2.87. The predicted molar refractivity (Wildman–Crippen MR) is 72.7 cm³/mol. The van der Waals surface area contributed by atoms with Crippen molar-refractivity contribution in [3.63, 3.8) is 0 Å². The summed E-state index contributed by atoms with van der Waals surface area (Å²) in [5.74, 6) is -0.958. The molecule has 0 aliphatic heterocycles. The average Bonchev–Trinajstić information content (AvgIpc) is 2.43. The zero-order valence-electron chi connectivity index (χ0n) is 9.99. The molecule has 1 amide bonds. The Balaban J connectivity index is 2.47. The minimum atomic E-state index is -0.958. The first-order chi connectivity index (χ1) is 9.52. The van der Waals surface area contributed by atoms with Crippen molar-refractivity contribution in [2.75, 3.05) is 4.90 Å². The van der Waals surface area contributed by atoms with E-state index in [0.717, 1.165) is 17.0 Å². The maximum atomic E-state index is 13.3. The third-order valence-electron chi connectivity index (χ3n) is 2.61. The zero-order chi connectivity index (χ0) is 14.7. The highest BCUT2D eigenvalue weighted by molar-refractivity contribution is 6.30. The first-order valence-electron chi connectivity index (χ1n) is 5.47. The number of nitrogens with zero attached hydrogens (tertiary/aromatic N) is 2. The first kappa shape index (κ1) is 14.0. The quantitative estimate of drug-likeness (QED) is 0.491. The molecule has 0 fully saturated rings. The Labute approximate surface area is 118 Å². The Morgan fingerprint density at radius 2 is 1.75 bits per heavy atom. The van der Waals surface area contributed by atoms with Gasteiger partial charge in [0.15, 0.2) is 0 Å². The van der Waals surface area contributed by atoms with Gasteiger partial charge in [0, 0.05) is 16.8 Å². The number of nitro groups is 1. The molecule has 2 aromatic carbocycles. The summed E-state index contributed by atoms with van der Waals surface area (Å²) in [5, 5.41) is 11.2. The molecular formula is C13H8ClFN2O3. The lowest BCUT2D eigenvalue weighted by Gasteiger charge is -2.17. The number of hydrogen-bond acceptors (Lipinski definition) is 3. The molecule has 0 aromatic heterocycles. The molecule has 0 atom stereocenters. The molecule has 2 rings (SSSR count). The minimum absolute atomic E-state index is 0.190. The Kier molecular flexibility index (Phi) is 3.95. The van der Waals surface area contributed by atoms with Crippen molar-refractivity contribution in [3.05, 3.63) is 63.4 Å². The van der Waals surface area contributed by atoms with Crippen LogP contribution >= 0.6 is 11.6 Å². The van der Waals surface area contributed by atoms with E-state index in [4.69, 9.17) is 11.6 Å². The van der Waals surface area contributed by atoms with Crippen molar-refractivity contribution in [1.82, 2.24) is 0 Å². The Bertz CT molecular complexity index is 661. The molecule has 0 spiro atoms. The van der Waals surface area contributed by atoms with Gasteiger partial charge < -0.3 is 0 Å². The van der Waals surface area contributed by atoms with Crippen molar-refractivity contribution in [3.8, 4) is 0 Å². The van der Waals surface area contributed by atoms with Crippen LogP contribution in [0, 0.1) is 15.9 Å². The number of rotatable bonds is 4. The monoisotopic (exact) mass is 294 g/mol. The number of hydrogen-bond donors (Lipinski definition) is 0. The van der Waals surface area contributed by atoms with E-state index >= 15 is 0 Å². The van der Waals surface area contributed by atoms with Crippen LogP contribution in [0.5, 0.6) is 0 Å². The molecule has 0 radical (unpaired) electrons. The van der Waals surface area contributed by atoms with Gasteiger partial charge in [-0.2, -0.15) is 4.39 Å². The lowest BCUT2D eigenvalue weighted by Crippen LogP contribution is -2.14. The van der Waals surface area contributed by atoms with Crippen LogP contribution in [0.4, 0.5) is 21.5 Å². The van der Waals surface area contributed by atoms with Crippen molar-refractivity contribution >= 4 is 35.1 Å². The molecule has 2 aromatic rings. The van der Waals surface area contributed by atoms with Crippen LogP contribution in [0.2, 0.25) is 5.02 Å². The normalized spacial score (nSPS) is 10.1. The SMILES string of the molecule is O=CN(c1ccc(Cl)cc1)c1ccc(F)c([N+](=O)[O-])c1. The van der Waals surface area contributed by atoms with Crippen LogP contribution in [0.1, 0.15) is 0 Å². The number of benzene rings is 2. The standard InChI is InChI=1S/C13H8ClFN2O3/c14-9-1-3-10(4-2-9)16(8-18)11-5-6-12(15)13(7-11)17(19)20/h1-8H. The fourth-order valence-electron chi connectivity index (χ4n) is 1.66. The molecule has 20 heavy (non-hydrogen) atoms. The largest absolute Gasteiger partial charge is 0.306 e. The van der Waals surface area contributed by atoms with Crippen LogP contribution in [-0.4, -0.2) is 11.3 Å². The zero-order valence-corrected chi connectivity index (χ0v) is 10.7. The molecule has 0 aliphatic carbocycles. The van der Waals surface area contributed by atoms with Gasteiger partial charge in [0.05, 0.1) is 10.6 Å². The number of halogens is 2. The number of carbonyl (C=O) groups is 1. The van der Waals surface area contributed by atoms with Crippen LogP contribution in [0.3, 0.4) is 0 Å². The van der Waals surface area contributed by atoms with Gasteiger partial charge in [0.1, 0.15) is 0 Å². The van der Waals surface area contributed by atoms with E-state index in [0.29, 0.717) is 17.1 Å². The summed E-state index contributed by atoms with van der Waals surface area (Å²) >= 11 is 5.75. The van der Waals surface area contributed by atoms with Gasteiger partial charge in [0.25, 0.3) is 0 Å². The van der Waals surface area contributed by atoms with Crippen LogP contribution < -0.4 is 4.90 Å². The van der Waals surface area contributed by atoms with Crippen LogP contribution in [-0.2, 0) is 4.79 Å². The van der Waals surface area contributed by atoms with Crippen molar-refractivity contribution < 1.29 is 14.1 Å². The Hall–Kier alpha value is -2.47. The lowest BCUT2D eigenvalue weighted by molar-refractivity contribution is -0.387. The van der Waals surface area contributed by atoms with E-state index in [9.17, 15) is 19.3 Å². The topological polar surface area (TPSA) is 63.5 Å². The maximum absolute atomic E-state index is 13.3. The smallest absolute Gasteiger partial charge is 0.283 e. The molecule has 7 heteroatoms. The van der Waals surface area contributed by atoms with Crippen LogP contribution in [0.15, 0.2) is 42.5 Å². The lowest BCUT2D eigenvalue weighted by atomic mass is 10.2. The second-order valence-electron chi connectivity index (χ2n) is 3.84. The summed E-state index contributed by atoms with van der Waals surface area (Å²) in [5.41, 5.74) is -0.0379. The molecule has 0 saturated heterocycles. The molecule has 0 heterocycles. The number of nitro benzene ring substituents is 1. The average molecular weight is 295 g/mol.